The Morgan fingerprint density at radius 1 is 1.18 bits per heavy atom. The van der Waals surface area contributed by atoms with Gasteiger partial charge in [0.25, 0.3) is 11.8 Å². The number of carbonyl (C=O) groups is 2. The molecule has 1 atom stereocenters. The Hall–Kier alpha value is -4.42. The smallest absolute Gasteiger partial charge is 0.270 e. The van der Waals surface area contributed by atoms with Crippen molar-refractivity contribution in [3.8, 4) is 29.1 Å². The fraction of sp³-hybridized carbons (Fsp3) is 0.276. The average Bonchev–Trinajstić information content (AvgIpc) is 3.03. The second kappa shape index (κ2) is 10.5. The molecule has 0 aliphatic carbocycles. The highest BCUT2D eigenvalue weighted by atomic mass is 19.1. The van der Waals surface area contributed by atoms with Crippen molar-refractivity contribution < 1.29 is 23.5 Å². The number of ether oxygens (including phenoxy) is 2. The lowest BCUT2D eigenvalue weighted by Gasteiger charge is -2.40. The Morgan fingerprint density at radius 3 is 2.74 bits per heavy atom. The standard InChI is InChI=1S/C29H27FN4O4/c1-3-34-18-29(30,19-34)13-11-20-9-10-26-25(15-20)33(2)28(36)24(17-37-26)32-27(35)23-16-22(12-14-31-23)38-21-7-5-4-6-8-21/h4-10,12,14-16,24H,3,17-19H2,1-2H3,(H,32,35)/t24-/m0/s1. The number of pyridine rings is 1. The van der Waals surface area contributed by atoms with E-state index >= 15 is 0 Å². The molecule has 0 bridgehead atoms. The first kappa shape index (κ1) is 25.2. The molecule has 0 spiro atoms. The molecule has 9 heteroatoms. The zero-order valence-electron chi connectivity index (χ0n) is 21.1. The number of anilines is 1. The molecule has 8 nitrogen and oxygen atoms in total. The predicted octanol–water partition coefficient (Wildman–Crippen LogP) is 3.42. The Kier molecular flexibility index (Phi) is 6.99. The zero-order valence-corrected chi connectivity index (χ0v) is 21.1. The number of fused-ring (bicyclic) bond motifs is 1. The highest BCUT2D eigenvalue weighted by Crippen LogP contribution is 2.32. The van der Waals surface area contributed by atoms with Gasteiger partial charge in [-0.05, 0) is 42.9 Å². The maximum absolute atomic E-state index is 14.7. The molecule has 2 amide bonds. The van der Waals surface area contributed by atoms with Crippen molar-refractivity contribution >= 4 is 17.5 Å². The lowest BCUT2D eigenvalue weighted by Crippen LogP contribution is -2.57. The number of nitrogens with one attached hydrogen (secondary N) is 1. The lowest BCUT2D eigenvalue weighted by molar-refractivity contribution is -0.120. The summed E-state index contributed by atoms with van der Waals surface area (Å²) in [7, 11) is 1.60. The van der Waals surface area contributed by atoms with Crippen LogP contribution in [0.25, 0.3) is 0 Å². The van der Waals surface area contributed by atoms with E-state index in [-0.39, 0.29) is 18.2 Å². The van der Waals surface area contributed by atoms with Gasteiger partial charge in [-0.25, -0.2) is 4.39 Å². The zero-order chi connectivity index (χ0) is 26.7. The third kappa shape index (κ3) is 5.45. The first-order chi connectivity index (χ1) is 18.3. The molecule has 1 aromatic heterocycles. The van der Waals surface area contributed by atoms with Crippen LogP contribution in [0.5, 0.6) is 17.2 Å². The molecule has 2 aliphatic rings. The maximum atomic E-state index is 14.7. The molecule has 194 valence electrons. The Balaban J connectivity index is 1.27. The number of likely N-dealkylation sites (tertiary alicyclic amines) is 1. The van der Waals surface area contributed by atoms with Crippen LogP contribution in [-0.2, 0) is 4.79 Å². The topological polar surface area (TPSA) is 84.0 Å². The van der Waals surface area contributed by atoms with Crippen molar-refractivity contribution in [3.05, 3.63) is 78.1 Å². The van der Waals surface area contributed by atoms with E-state index in [1.54, 1.807) is 43.4 Å². The van der Waals surface area contributed by atoms with Gasteiger partial charge in [-0.15, -0.1) is 0 Å². The van der Waals surface area contributed by atoms with Gasteiger partial charge in [0, 0.05) is 38.0 Å². The summed E-state index contributed by atoms with van der Waals surface area (Å²) in [6, 6.07) is 16.5. The minimum Gasteiger partial charge on any atom is -0.489 e. The fourth-order valence-corrected chi connectivity index (χ4v) is 4.28. The largest absolute Gasteiger partial charge is 0.489 e. The Labute approximate surface area is 220 Å². The Bertz CT molecular complexity index is 1410. The number of amides is 2. The molecule has 5 rings (SSSR count). The summed E-state index contributed by atoms with van der Waals surface area (Å²) >= 11 is 0. The maximum Gasteiger partial charge on any atom is 0.270 e. The molecule has 0 unspecified atom stereocenters. The number of halogens is 1. The average molecular weight is 515 g/mol. The number of benzene rings is 2. The number of hydrogen-bond donors (Lipinski definition) is 1. The number of nitrogens with zero attached hydrogens (tertiary/aromatic N) is 3. The number of para-hydroxylation sites is 1. The molecule has 1 N–H and O–H groups in total. The number of likely N-dealkylation sites (N-methyl/N-ethyl adjacent to an activating group) is 1. The summed E-state index contributed by atoms with van der Waals surface area (Å²) in [5.41, 5.74) is -0.355. The minimum absolute atomic E-state index is 0.0619. The van der Waals surface area contributed by atoms with Crippen LogP contribution in [0, 0.1) is 11.8 Å². The van der Waals surface area contributed by atoms with E-state index in [0.29, 0.717) is 41.6 Å². The van der Waals surface area contributed by atoms with Gasteiger partial charge >= 0.3 is 0 Å². The van der Waals surface area contributed by atoms with Crippen molar-refractivity contribution in [1.29, 1.82) is 0 Å². The van der Waals surface area contributed by atoms with Gasteiger partial charge in [0.15, 0.2) is 5.67 Å². The Morgan fingerprint density at radius 2 is 1.97 bits per heavy atom. The van der Waals surface area contributed by atoms with Gasteiger partial charge in [0.1, 0.15) is 35.6 Å². The van der Waals surface area contributed by atoms with Crippen LogP contribution < -0.4 is 19.7 Å². The highest BCUT2D eigenvalue weighted by Gasteiger charge is 2.41. The summed E-state index contributed by atoms with van der Waals surface area (Å²) in [4.78, 5) is 33.7. The second-order valence-electron chi connectivity index (χ2n) is 9.23. The fourth-order valence-electron chi connectivity index (χ4n) is 4.28. The van der Waals surface area contributed by atoms with E-state index < -0.39 is 17.6 Å². The van der Waals surface area contributed by atoms with Crippen LogP contribution in [0.4, 0.5) is 10.1 Å². The lowest BCUT2D eigenvalue weighted by atomic mass is 9.96. The van der Waals surface area contributed by atoms with Gasteiger partial charge in [0.2, 0.25) is 0 Å². The van der Waals surface area contributed by atoms with E-state index in [4.69, 9.17) is 9.47 Å². The van der Waals surface area contributed by atoms with E-state index in [1.165, 1.54) is 17.2 Å². The molecule has 2 aromatic carbocycles. The molecule has 1 fully saturated rings. The van der Waals surface area contributed by atoms with E-state index in [2.05, 4.69) is 22.1 Å². The number of aromatic nitrogens is 1. The molecule has 0 saturated carbocycles. The van der Waals surface area contributed by atoms with Crippen LogP contribution in [-0.4, -0.2) is 66.7 Å². The molecular formula is C29H27FN4O4. The van der Waals surface area contributed by atoms with Crippen molar-refractivity contribution in [1.82, 2.24) is 15.2 Å². The molecule has 3 aromatic rings. The molecule has 2 aliphatic heterocycles. The summed E-state index contributed by atoms with van der Waals surface area (Å²) in [5.74, 6) is 6.25. The van der Waals surface area contributed by atoms with Crippen molar-refractivity contribution in [2.75, 3.05) is 38.2 Å². The van der Waals surface area contributed by atoms with Crippen LogP contribution in [0.1, 0.15) is 23.0 Å². The third-order valence-corrected chi connectivity index (χ3v) is 6.43. The molecule has 3 heterocycles. The summed E-state index contributed by atoms with van der Waals surface area (Å²) < 4.78 is 26.3. The number of rotatable bonds is 5. The number of carbonyl (C=O) groups excluding carboxylic acids is 2. The van der Waals surface area contributed by atoms with E-state index in [1.807, 2.05) is 30.0 Å². The monoisotopic (exact) mass is 514 g/mol. The predicted molar refractivity (Wildman–Crippen MR) is 140 cm³/mol. The van der Waals surface area contributed by atoms with Crippen LogP contribution in [0.2, 0.25) is 0 Å². The van der Waals surface area contributed by atoms with Crippen molar-refractivity contribution in [2.24, 2.45) is 0 Å². The molecule has 38 heavy (non-hydrogen) atoms. The van der Waals surface area contributed by atoms with E-state index in [0.717, 1.165) is 6.54 Å². The van der Waals surface area contributed by atoms with Gasteiger partial charge in [-0.2, -0.15) is 0 Å². The van der Waals surface area contributed by atoms with Gasteiger partial charge in [0.05, 0.1) is 5.69 Å². The first-order valence-corrected chi connectivity index (χ1v) is 12.3. The normalized spacial score (nSPS) is 18.1. The van der Waals surface area contributed by atoms with Gasteiger partial charge in [-0.3, -0.25) is 19.5 Å². The third-order valence-electron chi connectivity index (χ3n) is 6.43. The number of alkyl halides is 1. The van der Waals surface area contributed by atoms with Gasteiger partial charge < -0.3 is 19.7 Å². The van der Waals surface area contributed by atoms with Crippen LogP contribution in [0.3, 0.4) is 0 Å². The molecule has 1 saturated heterocycles. The van der Waals surface area contributed by atoms with Crippen LogP contribution in [0.15, 0.2) is 66.9 Å². The minimum atomic E-state index is -1.52. The van der Waals surface area contributed by atoms with E-state index in [9.17, 15) is 14.0 Å². The summed E-state index contributed by atoms with van der Waals surface area (Å²) in [6.07, 6.45) is 1.47. The van der Waals surface area contributed by atoms with Crippen LogP contribution >= 0.6 is 0 Å². The summed E-state index contributed by atoms with van der Waals surface area (Å²) in [6.45, 7) is 3.29. The van der Waals surface area contributed by atoms with Crippen molar-refractivity contribution in [3.63, 3.8) is 0 Å². The SMILES string of the molecule is CCN1CC(F)(C#Cc2ccc3c(c2)N(C)C(=O)[C@@H](NC(=O)c2cc(Oc4ccccc4)ccn2)CO3)C1. The van der Waals surface area contributed by atoms with Crippen molar-refractivity contribution in [2.45, 2.75) is 18.6 Å². The van der Waals surface area contributed by atoms with Gasteiger partial charge in [-0.1, -0.05) is 37.0 Å². The molecule has 0 radical (unpaired) electrons. The quantitative estimate of drug-likeness (QED) is 0.526. The molecular weight excluding hydrogens is 487 g/mol. The first-order valence-electron chi connectivity index (χ1n) is 12.3. The summed E-state index contributed by atoms with van der Waals surface area (Å²) in [5, 5.41) is 2.71. The second-order valence-corrected chi connectivity index (χ2v) is 9.23. The number of hydrogen-bond acceptors (Lipinski definition) is 6. The highest BCUT2D eigenvalue weighted by molar-refractivity contribution is 6.03.